The Hall–Kier alpha value is -2.39. The number of unbranched alkanes of at least 4 members (excludes halogenated alkanes) is 2. The van der Waals surface area contributed by atoms with Crippen molar-refractivity contribution in [1.82, 2.24) is 5.48 Å². The molecule has 3 heteroatoms. The molecule has 2 N–H and O–H groups in total. The molecule has 2 aromatic rings. The zero-order valence-corrected chi connectivity index (χ0v) is 14.2. The molecule has 0 aliphatic heterocycles. The summed E-state index contributed by atoms with van der Waals surface area (Å²) in [5.74, 6) is -0.306. The van der Waals surface area contributed by atoms with Gasteiger partial charge in [-0.05, 0) is 42.9 Å². The summed E-state index contributed by atoms with van der Waals surface area (Å²) < 4.78 is 0. The summed E-state index contributed by atoms with van der Waals surface area (Å²) in [6.45, 7) is 2.09. The molecule has 0 saturated carbocycles. The molecule has 2 aromatic carbocycles. The van der Waals surface area contributed by atoms with Crippen LogP contribution in [-0.2, 0) is 11.2 Å². The van der Waals surface area contributed by atoms with E-state index >= 15 is 0 Å². The second kappa shape index (κ2) is 9.68. The molecule has 0 saturated heterocycles. The van der Waals surface area contributed by atoms with Crippen molar-refractivity contribution in [3.05, 3.63) is 70.8 Å². The van der Waals surface area contributed by atoms with Gasteiger partial charge in [0.25, 0.3) is 0 Å². The Labute approximate surface area is 144 Å². The van der Waals surface area contributed by atoms with Gasteiger partial charge in [0, 0.05) is 6.42 Å². The summed E-state index contributed by atoms with van der Waals surface area (Å²) >= 11 is 0. The molecule has 3 nitrogen and oxygen atoms in total. The largest absolute Gasteiger partial charge is 0.289 e. The van der Waals surface area contributed by atoms with Crippen LogP contribution in [0.4, 0.5) is 0 Å². The monoisotopic (exact) mass is 323 g/mol. The Kier molecular flexibility index (Phi) is 7.24. The van der Waals surface area contributed by atoms with Gasteiger partial charge in [0.05, 0.1) is 0 Å². The van der Waals surface area contributed by atoms with Crippen LogP contribution in [0, 0.1) is 6.92 Å². The topological polar surface area (TPSA) is 49.3 Å². The van der Waals surface area contributed by atoms with Crippen molar-refractivity contribution in [1.29, 1.82) is 0 Å². The van der Waals surface area contributed by atoms with Crippen molar-refractivity contribution < 1.29 is 10.0 Å². The maximum absolute atomic E-state index is 10.9. The van der Waals surface area contributed by atoms with E-state index in [2.05, 4.69) is 67.6 Å². The van der Waals surface area contributed by atoms with E-state index in [-0.39, 0.29) is 5.91 Å². The van der Waals surface area contributed by atoms with Crippen molar-refractivity contribution in [2.24, 2.45) is 0 Å². The van der Waals surface area contributed by atoms with Crippen LogP contribution in [0.3, 0.4) is 0 Å². The van der Waals surface area contributed by atoms with Gasteiger partial charge in [0.2, 0.25) is 5.91 Å². The highest BCUT2D eigenvalue weighted by Gasteiger charge is 1.99. The van der Waals surface area contributed by atoms with E-state index in [9.17, 15) is 4.79 Å². The quantitative estimate of drug-likeness (QED) is 0.318. The van der Waals surface area contributed by atoms with Gasteiger partial charge < -0.3 is 0 Å². The minimum Gasteiger partial charge on any atom is -0.289 e. The minimum atomic E-state index is -0.306. The van der Waals surface area contributed by atoms with Crippen LogP contribution in [0.2, 0.25) is 0 Å². The molecule has 0 heterocycles. The molecule has 0 unspecified atom stereocenters. The number of amides is 1. The van der Waals surface area contributed by atoms with E-state index in [4.69, 9.17) is 5.21 Å². The van der Waals surface area contributed by atoms with Gasteiger partial charge in [-0.15, -0.1) is 0 Å². The Bertz CT molecular complexity index is 657. The molecule has 0 spiro atoms. The molecule has 0 aromatic heterocycles. The lowest BCUT2D eigenvalue weighted by molar-refractivity contribution is -0.129. The molecule has 1 amide bonds. The van der Waals surface area contributed by atoms with E-state index < -0.39 is 0 Å². The number of nitrogens with one attached hydrogen (secondary N) is 1. The number of carbonyl (C=O) groups excluding carboxylic acids is 1. The van der Waals surface area contributed by atoms with Gasteiger partial charge in [0.1, 0.15) is 0 Å². The van der Waals surface area contributed by atoms with Gasteiger partial charge in [-0.1, -0.05) is 72.7 Å². The number of hydrogen-bond donors (Lipinski definition) is 2. The average Bonchev–Trinajstić information content (AvgIpc) is 2.61. The number of benzene rings is 2. The van der Waals surface area contributed by atoms with Gasteiger partial charge in [-0.3, -0.25) is 10.0 Å². The highest BCUT2D eigenvalue weighted by Crippen LogP contribution is 2.13. The first-order valence-electron chi connectivity index (χ1n) is 8.44. The van der Waals surface area contributed by atoms with Crippen molar-refractivity contribution >= 4 is 18.1 Å². The smallest absolute Gasteiger partial charge is 0.243 e. The zero-order valence-electron chi connectivity index (χ0n) is 14.2. The first kappa shape index (κ1) is 18.0. The molecule has 0 bridgehead atoms. The van der Waals surface area contributed by atoms with Crippen molar-refractivity contribution in [2.45, 2.75) is 39.0 Å². The predicted octanol–water partition coefficient (Wildman–Crippen LogP) is 4.77. The first-order valence-corrected chi connectivity index (χ1v) is 8.44. The molecule has 126 valence electrons. The molecule has 0 fully saturated rings. The van der Waals surface area contributed by atoms with E-state index in [0.29, 0.717) is 6.42 Å². The fourth-order valence-electron chi connectivity index (χ4n) is 2.51. The fraction of sp³-hybridized carbons (Fsp3) is 0.286. The van der Waals surface area contributed by atoms with Gasteiger partial charge in [-0.25, -0.2) is 5.48 Å². The molecule has 2 rings (SSSR count). The lowest BCUT2D eigenvalue weighted by Crippen LogP contribution is -2.17. The average molecular weight is 323 g/mol. The highest BCUT2D eigenvalue weighted by molar-refractivity contribution is 5.74. The fourth-order valence-corrected chi connectivity index (χ4v) is 2.51. The molecule has 24 heavy (non-hydrogen) atoms. The van der Waals surface area contributed by atoms with Crippen LogP contribution in [0.15, 0.2) is 48.5 Å². The summed E-state index contributed by atoms with van der Waals surface area (Å²) in [4.78, 5) is 10.9. The molecule has 0 radical (unpaired) electrons. The Morgan fingerprint density at radius 2 is 1.50 bits per heavy atom. The second-order valence-electron chi connectivity index (χ2n) is 6.08. The summed E-state index contributed by atoms with van der Waals surface area (Å²) in [6, 6.07) is 17.1. The Morgan fingerprint density at radius 1 is 0.917 bits per heavy atom. The molecular formula is C21H25NO2. The van der Waals surface area contributed by atoms with Crippen molar-refractivity contribution in [3.63, 3.8) is 0 Å². The number of hydroxylamine groups is 1. The van der Waals surface area contributed by atoms with E-state index in [1.54, 1.807) is 5.48 Å². The maximum Gasteiger partial charge on any atom is 0.243 e. The third-order valence-corrected chi connectivity index (χ3v) is 4.02. The van der Waals surface area contributed by atoms with Crippen LogP contribution in [0.25, 0.3) is 12.2 Å². The highest BCUT2D eigenvalue weighted by atomic mass is 16.5. The van der Waals surface area contributed by atoms with Crippen LogP contribution in [-0.4, -0.2) is 11.1 Å². The Balaban J connectivity index is 1.76. The number of carbonyl (C=O) groups is 1. The SMILES string of the molecule is Cc1ccc(/C=C/c2ccc(CCCCCC(=O)NO)cc2)cc1. The first-order chi connectivity index (χ1) is 11.7. The molecular weight excluding hydrogens is 298 g/mol. The predicted molar refractivity (Wildman–Crippen MR) is 98.7 cm³/mol. The second-order valence-corrected chi connectivity index (χ2v) is 6.08. The van der Waals surface area contributed by atoms with Gasteiger partial charge in [-0.2, -0.15) is 0 Å². The zero-order chi connectivity index (χ0) is 17.2. The van der Waals surface area contributed by atoms with E-state index in [1.165, 1.54) is 22.3 Å². The van der Waals surface area contributed by atoms with Crippen LogP contribution < -0.4 is 5.48 Å². The summed E-state index contributed by atoms with van der Waals surface area (Å²) in [5, 5.41) is 8.42. The lowest BCUT2D eigenvalue weighted by Gasteiger charge is -2.03. The van der Waals surface area contributed by atoms with Crippen LogP contribution in [0.1, 0.15) is 47.9 Å². The van der Waals surface area contributed by atoms with Gasteiger partial charge in [0.15, 0.2) is 0 Å². The Morgan fingerprint density at radius 3 is 2.08 bits per heavy atom. The summed E-state index contributed by atoms with van der Waals surface area (Å²) in [7, 11) is 0. The molecule has 0 aliphatic rings. The number of hydrogen-bond acceptors (Lipinski definition) is 2. The van der Waals surface area contributed by atoms with Crippen LogP contribution >= 0.6 is 0 Å². The minimum absolute atomic E-state index is 0.306. The summed E-state index contributed by atoms with van der Waals surface area (Å²) in [6.07, 6.45) is 8.51. The maximum atomic E-state index is 10.9. The molecule has 0 atom stereocenters. The summed E-state index contributed by atoms with van der Waals surface area (Å²) in [5.41, 5.74) is 6.65. The third-order valence-electron chi connectivity index (χ3n) is 4.02. The third kappa shape index (κ3) is 6.39. The number of rotatable bonds is 8. The number of aryl methyl sites for hydroxylation is 2. The molecule has 0 aliphatic carbocycles. The standard InChI is InChI=1S/C21H25NO2/c1-17-7-9-19(10-8-17)15-16-20-13-11-18(12-14-20)5-3-2-4-6-21(23)22-24/h7-16,24H,2-6H2,1H3,(H,22,23)/b16-15+. The van der Waals surface area contributed by atoms with Crippen molar-refractivity contribution in [2.75, 3.05) is 0 Å². The van der Waals surface area contributed by atoms with Crippen LogP contribution in [0.5, 0.6) is 0 Å². The van der Waals surface area contributed by atoms with E-state index in [1.807, 2.05) is 0 Å². The van der Waals surface area contributed by atoms with Crippen molar-refractivity contribution in [3.8, 4) is 0 Å². The van der Waals surface area contributed by atoms with E-state index in [0.717, 1.165) is 25.7 Å². The normalized spacial score (nSPS) is 10.9. The lowest BCUT2D eigenvalue weighted by atomic mass is 10.0. The van der Waals surface area contributed by atoms with Gasteiger partial charge >= 0.3 is 0 Å².